The van der Waals surface area contributed by atoms with E-state index >= 15 is 0 Å². The van der Waals surface area contributed by atoms with Crippen molar-refractivity contribution in [3.05, 3.63) is 29.3 Å². The van der Waals surface area contributed by atoms with Crippen LogP contribution in [-0.4, -0.2) is 5.78 Å². The lowest BCUT2D eigenvalue weighted by Gasteiger charge is -2.09. The molecule has 0 radical (unpaired) electrons. The summed E-state index contributed by atoms with van der Waals surface area (Å²) in [7, 11) is 0. The minimum atomic E-state index is -4.42. The number of hydrogen-bond acceptors (Lipinski definition) is 2. The van der Waals surface area contributed by atoms with Crippen molar-refractivity contribution >= 4 is 11.5 Å². The summed E-state index contributed by atoms with van der Waals surface area (Å²) in [6, 6.07) is 2.88. The summed E-state index contributed by atoms with van der Waals surface area (Å²) in [4.78, 5) is 11.6. The summed E-state index contributed by atoms with van der Waals surface area (Å²) in [5.41, 5.74) is 4.75. The van der Waals surface area contributed by atoms with Gasteiger partial charge in [-0.15, -0.1) is 0 Å². The van der Waals surface area contributed by atoms with Crippen LogP contribution in [0.2, 0.25) is 0 Å². The lowest BCUT2D eigenvalue weighted by molar-refractivity contribution is -0.137. The van der Waals surface area contributed by atoms with Crippen molar-refractivity contribution in [2.75, 3.05) is 5.73 Å². The van der Waals surface area contributed by atoms with Gasteiger partial charge in [-0.2, -0.15) is 13.2 Å². The Morgan fingerprint density at radius 3 is 2.38 bits per heavy atom. The molecule has 2 rings (SSSR count). The van der Waals surface area contributed by atoms with Crippen molar-refractivity contribution in [2.24, 2.45) is 5.92 Å². The third-order valence-corrected chi connectivity index (χ3v) is 2.59. The number of carbonyl (C=O) groups is 1. The molecule has 0 heterocycles. The molecule has 1 aliphatic rings. The lowest BCUT2D eigenvalue weighted by Crippen LogP contribution is -2.10. The molecule has 1 fully saturated rings. The van der Waals surface area contributed by atoms with Gasteiger partial charge in [-0.05, 0) is 31.0 Å². The zero-order valence-corrected chi connectivity index (χ0v) is 8.34. The highest BCUT2D eigenvalue weighted by molar-refractivity contribution is 6.03. The quantitative estimate of drug-likeness (QED) is 0.625. The minimum Gasteiger partial charge on any atom is -0.398 e. The Bertz CT molecular complexity index is 435. The Balaban J connectivity index is 2.33. The van der Waals surface area contributed by atoms with Crippen LogP contribution in [0.4, 0.5) is 18.9 Å². The zero-order valence-electron chi connectivity index (χ0n) is 8.34. The number of rotatable bonds is 2. The van der Waals surface area contributed by atoms with Crippen molar-refractivity contribution in [2.45, 2.75) is 19.0 Å². The number of ketones is 1. The van der Waals surface area contributed by atoms with Gasteiger partial charge in [-0.1, -0.05) is 0 Å². The van der Waals surface area contributed by atoms with Gasteiger partial charge in [0.05, 0.1) is 5.56 Å². The third kappa shape index (κ3) is 2.03. The van der Waals surface area contributed by atoms with Crippen molar-refractivity contribution in [1.82, 2.24) is 0 Å². The highest BCUT2D eigenvalue weighted by Crippen LogP contribution is 2.36. The van der Waals surface area contributed by atoms with E-state index in [9.17, 15) is 18.0 Å². The molecule has 16 heavy (non-hydrogen) atoms. The standard InChI is InChI=1S/C11H10F3NO/c12-11(13,14)7-3-4-8(9(15)5-7)10(16)6-1-2-6/h3-6H,1-2,15H2. The number of halogens is 3. The topological polar surface area (TPSA) is 43.1 Å². The summed E-state index contributed by atoms with van der Waals surface area (Å²) in [6.45, 7) is 0. The highest BCUT2D eigenvalue weighted by atomic mass is 19.4. The number of hydrogen-bond donors (Lipinski definition) is 1. The van der Waals surface area contributed by atoms with Gasteiger partial charge in [0.1, 0.15) is 0 Å². The summed E-state index contributed by atoms with van der Waals surface area (Å²) in [5.74, 6) is -0.190. The van der Waals surface area contributed by atoms with Crippen LogP contribution in [0.15, 0.2) is 18.2 Å². The van der Waals surface area contributed by atoms with Gasteiger partial charge in [0.2, 0.25) is 0 Å². The number of benzene rings is 1. The van der Waals surface area contributed by atoms with Gasteiger partial charge in [-0.3, -0.25) is 4.79 Å². The summed E-state index contributed by atoms with van der Waals surface area (Å²) in [5, 5.41) is 0. The fraction of sp³-hybridized carbons (Fsp3) is 0.364. The largest absolute Gasteiger partial charge is 0.416 e. The molecule has 0 aliphatic heterocycles. The Kier molecular flexibility index (Phi) is 2.40. The molecule has 5 heteroatoms. The van der Waals surface area contributed by atoms with Crippen LogP contribution in [0, 0.1) is 5.92 Å². The van der Waals surface area contributed by atoms with E-state index in [2.05, 4.69) is 0 Å². The number of Topliss-reactive ketones (excluding diaryl/α,β-unsaturated/α-hetero) is 1. The van der Waals surface area contributed by atoms with Crippen LogP contribution in [0.1, 0.15) is 28.8 Å². The summed E-state index contributed by atoms with van der Waals surface area (Å²) >= 11 is 0. The molecule has 1 aliphatic carbocycles. The first-order chi connectivity index (χ1) is 7.39. The molecule has 2 N–H and O–H groups in total. The predicted molar refractivity (Wildman–Crippen MR) is 52.9 cm³/mol. The number of alkyl halides is 3. The van der Waals surface area contributed by atoms with E-state index in [1.54, 1.807) is 0 Å². The van der Waals surface area contributed by atoms with Gasteiger partial charge in [0, 0.05) is 17.2 Å². The molecule has 0 amide bonds. The van der Waals surface area contributed by atoms with E-state index < -0.39 is 11.7 Å². The van der Waals surface area contributed by atoms with Crippen molar-refractivity contribution < 1.29 is 18.0 Å². The first-order valence-electron chi connectivity index (χ1n) is 4.90. The van der Waals surface area contributed by atoms with Crippen LogP contribution >= 0.6 is 0 Å². The van der Waals surface area contributed by atoms with Gasteiger partial charge in [0.25, 0.3) is 0 Å². The average molecular weight is 229 g/mol. The van der Waals surface area contributed by atoms with E-state index in [0.29, 0.717) is 0 Å². The molecule has 0 saturated heterocycles. The fourth-order valence-electron chi connectivity index (χ4n) is 1.53. The normalized spacial score (nSPS) is 16.2. The molecule has 0 atom stereocenters. The maximum atomic E-state index is 12.3. The number of anilines is 1. The Morgan fingerprint density at radius 2 is 1.94 bits per heavy atom. The number of nitrogen functional groups attached to an aromatic ring is 1. The molecular weight excluding hydrogens is 219 g/mol. The zero-order chi connectivity index (χ0) is 11.9. The second-order valence-corrected chi connectivity index (χ2v) is 3.94. The van der Waals surface area contributed by atoms with Crippen molar-refractivity contribution in [1.29, 1.82) is 0 Å². The number of carbonyl (C=O) groups excluding carboxylic acids is 1. The van der Waals surface area contributed by atoms with Crippen LogP contribution in [0.25, 0.3) is 0 Å². The fourth-order valence-corrected chi connectivity index (χ4v) is 1.53. The maximum Gasteiger partial charge on any atom is 0.416 e. The lowest BCUT2D eigenvalue weighted by atomic mass is 10.0. The smallest absolute Gasteiger partial charge is 0.398 e. The molecule has 0 unspecified atom stereocenters. The van der Waals surface area contributed by atoms with Gasteiger partial charge in [-0.25, -0.2) is 0 Å². The van der Waals surface area contributed by atoms with E-state index in [4.69, 9.17) is 5.73 Å². The van der Waals surface area contributed by atoms with Gasteiger partial charge < -0.3 is 5.73 Å². The molecule has 1 aromatic carbocycles. The van der Waals surface area contributed by atoms with Crippen LogP contribution < -0.4 is 5.73 Å². The molecule has 86 valence electrons. The van der Waals surface area contributed by atoms with E-state index in [1.165, 1.54) is 6.07 Å². The first kappa shape index (κ1) is 11.0. The third-order valence-electron chi connectivity index (χ3n) is 2.59. The first-order valence-corrected chi connectivity index (χ1v) is 4.90. The Morgan fingerprint density at radius 1 is 1.31 bits per heavy atom. The van der Waals surface area contributed by atoms with E-state index in [-0.39, 0.29) is 23.0 Å². The van der Waals surface area contributed by atoms with Crippen LogP contribution in [0.5, 0.6) is 0 Å². The van der Waals surface area contributed by atoms with Crippen molar-refractivity contribution in [3.8, 4) is 0 Å². The SMILES string of the molecule is Nc1cc(C(F)(F)F)ccc1C(=O)C1CC1. The molecule has 2 nitrogen and oxygen atoms in total. The second-order valence-electron chi connectivity index (χ2n) is 3.94. The van der Waals surface area contributed by atoms with Gasteiger partial charge >= 0.3 is 6.18 Å². The molecule has 1 saturated carbocycles. The second kappa shape index (κ2) is 3.50. The molecule has 1 aromatic rings. The van der Waals surface area contributed by atoms with Crippen LogP contribution in [0.3, 0.4) is 0 Å². The maximum absolute atomic E-state index is 12.3. The van der Waals surface area contributed by atoms with E-state index in [1.807, 2.05) is 0 Å². The van der Waals surface area contributed by atoms with Gasteiger partial charge in [0.15, 0.2) is 5.78 Å². The minimum absolute atomic E-state index is 0.0426. The molecule has 0 bridgehead atoms. The summed E-state index contributed by atoms with van der Waals surface area (Å²) in [6.07, 6.45) is -2.81. The number of nitrogens with two attached hydrogens (primary N) is 1. The highest BCUT2D eigenvalue weighted by Gasteiger charge is 2.34. The molecule has 0 spiro atoms. The predicted octanol–water partition coefficient (Wildman–Crippen LogP) is 2.88. The molecule has 0 aromatic heterocycles. The van der Waals surface area contributed by atoms with Crippen LogP contribution in [-0.2, 0) is 6.18 Å². The molecular formula is C11H10F3NO. The Labute approximate surface area is 90.2 Å². The van der Waals surface area contributed by atoms with E-state index in [0.717, 1.165) is 25.0 Å². The van der Waals surface area contributed by atoms with Crippen molar-refractivity contribution in [3.63, 3.8) is 0 Å². The average Bonchev–Trinajstić information content (AvgIpc) is 2.98. The monoisotopic (exact) mass is 229 g/mol. The summed E-state index contributed by atoms with van der Waals surface area (Å²) < 4.78 is 37.0. The Hall–Kier alpha value is -1.52.